The lowest BCUT2D eigenvalue weighted by molar-refractivity contribution is -0.124. The summed E-state index contributed by atoms with van der Waals surface area (Å²) in [5.41, 5.74) is 5.40. The molecule has 7 nitrogen and oxygen atoms in total. The lowest BCUT2D eigenvalue weighted by Crippen LogP contribution is -2.31. The van der Waals surface area contributed by atoms with Crippen molar-refractivity contribution in [2.75, 3.05) is 6.61 Å². The van der Waals surface area contributed by atoms with Crippen molar-refractivity contribution >= 4 is 22.8 Å². The van der Waals surface area contributed by atoms with Gasteiger partial charge in [0.15, 0.2) is 6.61 Å². The summed E-state index contributed by atoms with van der Waals surface area (Å²) in [7, 11) is 0. The molecule has 0 fully saturated rings. The second kappa shape index (κ2) is 11.1. The standard InChI is InChI=1S/C30H29NO6/c1-18-5-8-24(13-19(18)2)21(4)31-28(32)17-36-30(34)23-9-6-22(7-10-23)16-35-25-11-12-26-20(3)14-29(33)37-27(26)15-25/h5-15,21H,16-17H2,1-4H3,(H,31,32). The molecule has 4 aromatic rings. The monoisotopic (exact) mass is 499 g/mol. The predicted molar refractivity (Wildman–Crippen MR) is 141 cm³/mol. The van der Waals surface area contributed by atoms with Gasteiger partial charge in [-0.05, 0) is 79.8 Å². The molecule has 0 aliphatic rings. The van der Waals surface area contributed by atoms with Crippen LogP contribution < -0.4 is 15.7 Å². The molecule has 1 N–H and O–H groups in total. The van der Waals surface area contributed by atoms with Crippen molar-refractivity contribution in [2.24, 2.45) is 0 Å². The number of hydrogen-bond donors (Lipinski definition) is 1. The number of hydrogen-bond acceptors (Lipinski definition) is 6. The van der Waals surface area contributed by atoms with Gasteiger partial charge in [-0.1, -0.05) is 30.3 Å². The quantitative estimate of drug-likeness (QED) is 0.260. The van der Waals surface area contributed by atoms with Gasteiger partial charge in [-0.2, -0.15) is 0 Å². The van der Waals surface area contributed by atoms with Gasteiger partial charge < -0.3 is 19.2 Å². The molecular weight excluding hydrogens is 470 g/mol. The Hall–Kier alpha value is -4.39. The second-order valence-electron chi connectivity index (χ2n) is 9.10. The van der Waals surface area contributed by atoms with Gasteiger partial charge >= 0.3 is 11.6 Å². The van der Waals surface area contributed by atoms with Crippen LogP contribution in [0.5, 0.6) is 5.75 Å². The van der Waals surface area contributed by atoms with Crippen molar-refractivity contribution < 1.29 is 23.5 Å². The minimum Gasteiger partial charge on any atom is -0.489 e. The van der Waals surface area contributed by atoms with Crippen LogP contribution in [-0.4, -0.2) is 18.5 Å². The summed E-state index contributed by atoms with van der Waals surface area (Å²) in [4.78, 5) is 36.3. The summed E-state index contributed by atoms with van der Waals surface area (Å²) < 4.78 is 16.3. The van der Waals surface area contributed by atoms with Crippen molar-refractivity contribution in [3.63, 3.8) is 0 Å². The molecule has 0 aliphatic heterocycles. The zero-order valence-corrected chi connectivity index (χ0v) is 21.3. The number of rotatable bonds is 8. The Morgan fingerprint density at radius 2 is 1.65 bits per heavy atom. The molecule has 1 heterocycles. The van der Waals surface area contributed by atoms with Crippen LogP contribution in [0.25, 0.3) is 11.0 Å². The summed E-state index contributed by atoms with van der Waals surface area (Å²) in [6.45, 7) is 7.70. The maximum Gasteiger partial charge on any atom is 0.338 e. The van der Waals surface area contributed by atoms with E-state index in [9.17, 15) is 14.4 Å². The second-order valence-corrected chi connectivity index (χ2v) is 9.10. The Labute approximate surface area is 215 Å². The summed E-state index contributed by atoms with van der Waals surface area (Å²) in [5.74, 6) is -0.391. The summed E-state index contributed by atoms with van der Waals surface area (Å²) in [5, 5.41) is 3.70. The van der Waals surface area contributed by atoms with E-state index in [-0.39, 0.29) is 25.2 Å². The van der Waals surface area contributed by atoms with Gasteiger partial charge in [-0.25, -0.2) is 9.59 Å². The van der Waals surface area contributed by atoms with Crippen LogP contribution in [0.2, 0.25) is 0 Å². The largest absolute Gasteiger partial charge is 0.489 e. The zero-order valence-electron chi connectivity index (χ0n) is 21.3. The summed E-state index contributed by atoms with van der Waals surface area (Å²) in [6, 6.07) is 19.4. The molecule has 37 heavy (non-hydrogen) atoms. The Bertz CT molecular complexity index is 1500. The lowest BCUT2D eigenvalue weighted by Gasteiger charge is -2.16. The van der Waals surface area contributed by atoms with E-state index in [0.717, 1.165) is 27.6 Å². The van der Waals surface area contributed by atoms with E-state index in [4.69, 9.17) is 13.9 Å². The topological polar surface area (TPSA) is 94.8 Å². The Morgan fingerprint density at radius 3 is 2.38 bits per heavy atom. The third-order valence-electron chi connectivity index (χ3n) is 6.26. The highest BCUT2D eigenvalue weighted by Crippen LogP contribution is 2.23. The fourth-order valence-electron chi connectivity index (χ4n) is 3.91. The number of aryl methyl sites for hydroxylation is 3. The Balaban J connectivity index is 1.28. The average Bonchev–Trinajstić information content (AvgIpc) is 2.87. The zero-order chi connectivity index (χ0) is 26.5. The van der Waals surface area contributed by atoms with Gasteiger partial charge in [-0.3, -0.25) is 4.79 Å². The lowest BCUT2D eigenvalue weighted by atomic mass is 10.0. The normalized spacial score (nSPS) is 11.7. The van der Waals surface area contributed by atoms with Crippen LogP contribution in [0.3, 0.4) is 0 Å². The maximum absolute atomic E-state index is 12.4. The molecule has 7 heteroatoms. The molecule has 4 rings (SSSR count). The Kier molecular flexibility index (Phi) is 7.72. The number of ether oxygens (including phenoxy) is 2. The van der Waals surface area contributed by atoms with Crippen molar-refractivity contribution in [1.29, 1.82) is 0 Å². The minimum absolute atomic E-state index is 0.201. The van der Waals surface area contributed by atoms with Gasteiger partial charge in [0.05, 0.1) is 11.6 Å². The molecular formula is C30H29NO6. The molecule has 0 aliphatic carbocycles. The van der Waals surface area contributed by atoms with E-state index < -0.39 is 11.6 Å². The number of amides is 1. The first-order chi connectivity index (χ1) is 17.7. The fourth-order valence-corrected chi connectivity index (χ4v) is 3.91. The van der Waals surface area contributed by atoms with Gasteiger partial charge in [0.1, 0.15) is 17.9 Å². The van der Waals surface area contributed by atoms with Gasteiger partial charge in [0.2, 0.25) is 0 Å². The highest BCUT2D eigenvalue weighted by molar-refractivity contribution is 5.91. The van der Waals surface area contributed by atoms with Gasteiger partial charge in [0.25, 0.3) is 5.91 Å². The van der Waals surface area contributed by atoms with E-state index >= 15 is 0 Å². The van der Waals surface area contributed by atoms with Crippen LogP contribution in [0, 0.1) is 20.8 Å². The molecule has 1 amide bonds. The third kappa shape index (κ3) is 6.44. The third-order valence-corrected chi connectivity index (χ3v) is 6.26. The molecule has 0 saturated carbocycles. The fraction of sp³-hybridized carbons (Fsp3) is 0.233. The first kappa shape index (κ1) is 25.7. The van der Waals surface area contributed by atoms with E-state index in [1.165, 1.54) is 11.6 Å². The number of carbonyl (C=O) groups is 2. The van der Waals surface area contributed by atoms with Crippen LogP contribution >= 0.6 is 0 Å². The number of benzene rings is 3. The van der Waals surface area contributed by atoms with Crippen molar-refractivity contribution in [1.82, 2.24) is 5.32 Å². The van der Waals surface area contributed by atoms with Crippen molar-refractivity contribution in [2.45, 2.75) is 40.3 Å². The van der Waals surface area contributed by atoms with Gasteiger partial charge in [0, 0.05) is 17.5 Å². The first-order valence-corrected chi connectivity index (χ1v) is 12.0. The summed E-state index contributed by atoms with van der Waals surface area (Å²) >= 11 is 0. The first-order valence-electron chi connectivity index (χ1n) is 12.0. The van der Waals surface area contributed by atoms with Crippen LogP contribution in [-0.2, 0) is 16.1 Å². The highest BCUT2D eigenvalue weighted by atomic mass is 16.5. The molecule has 0 radical (unpaired) electrons. The van der Waals surface area contributed by atoms with Crippen LogP contribution in [0.1, 0.15) is 51.1 Å². The average molecular weight is 500 g/mol. The molecule has 190 valence electrons. The van der Waals surface area contributed by atoms with Crippen molar-refractivity contribution in [3.8, 4) is 5.75 Å². The van der Waals surface area contributed by atoms with E-state index in [0.29, 0.717) is 16.9 Å². The van der Waals surface area contributed by atoms with Crippen LogP contribution in [0.4, 0.5) is 0 Å². The van der Waals surface area contributed by atoms with E-state index in [2.05, 4.69) is 5.32 Å². The van der Waals surface area contributed by atoms with Gasteiger partial charge in [-0.15, -0.1) is 0 Å². The van der Waals surface area contributed by atoms with Crippen LogP contribution in [0.15, 0.2) is 75.9 Å². The molecule has 0 spiro atoms. The van der Waals surface area contributed by atoms with E-state index in [1.54, 1.807) is 30.3 Å². The van der Waals surface area contributed by atoms with Crippen molar-refractivity contribution in [3.05, 3.63) is 111 Å². The van der Waals surface area contributed by atoms with E-state index in [1.807, 2.05) is 58.0 Å². The number of fused-ring (bicyclic) bond motifs is 1. The Morgan fingerprint density at radius 1 is 0.892 bits per heavy atom. The molecule has 0 bridgehead atoms. The highest BCUT2D eigenvalue weighted by Gasteiger charge is 2.14. The molecule has 1 unspecified atom stereocenters. The smallest absolute Gasteiger partial charge is 0.338 e. The predicted octanol–water partition coefficient (Wildman–Crippen LogP) is 5.33. The number of nitrogens with one attached hydrogen (secondary N) is 1. The number of esters is 1. The molecule has 1 aromatic heterocycles. The maximum atomic E-state index is 12.4. The molecule has 0 saturated heterocycles. The molecule has 1 atom stereocenters. The minimum atomic E-state index is -0.582. The number of carbonyl (C=O) groups excluding carboxylic acids is 2. The molecule has 3 aromatic carbocycles. The SMILES string of the molecule is Cc1ccc(C(C)NC(=O)COC(=O)c2ccc(COc3ccc4c(C)cc(=O)oc4c3)cc2)cc1C. The summed E-state index contributed by atoms with van der Waals surface area (Å²) in [6.07, 6.45) is 0.